The summed E-state index contributed by atoms with van der Waals surface area (Å²) in [6, 6.07) is 0. The molecule has 0 unspecified atom stereocenters. The van der Waals surface area contributed by atoms with E-state index in [9.17, 15) is 0 Å². The quantitative estimate of drug-likeness (QED) is 0.736. The van der Waals surface area contributed by atoms with Crippen molar-refractivity contribution in [3.8, 4) is 0 Å². The molecule has 1 fully saturated rings. The summed E-state index contributed by atoms with van der Waals surface area (Å²) in [5.74, 6) is 0. The predicted molar refractivity (Wildman–Crippen MR) is 64.7 cm³/mol. The van der Waals surface area contributed by atoms with Crippen LogP contribution in [0, 0.1) is 0 Å². The van der Waals surface area contributed by atoms with E-state index < -0.39 is 0 Å². The van der Waals surface area contributed by atoms with Crippen molar-refractivity contribution in [2.75, 3.05) is 18.0 Å². The van der Waals surface area contributed by atoms with Gasteiger partial charge in [-0.1, -0.05) is 32.1 Å². The smallest absolute Gasteiger partial charge is 0.208 e. The molecule has 0 saturated carbocycles. The van der Waals surface area contributed by atoms with Gasteiger partial charge in [0.2, 0.25) is 5.13 Å². The molecule has 2 heterocycles. The third-order valence-corrected chi connectivity index (χ3v) is 4.09. The Morgan fingerprint density at radius 1 is 1.07 bits per heavy atom. The summed E-state index contributed by atoms with van der Waals surface area (Å²) in [7, 11) is 0. The van der Waals surface area contributed by atoms with Gasteiger partial charge in [-0.2, -0.15) is 0 Å². The molecule has 3 nitrogen and oxygen atoms in total. The van der Waals surface area contributed by atoms with Gasteiger partial charge in [-0.25, -0.2) is 0 Å². The lowest BCUT2D eigenvalue weighted by molar-refractivity contribution is 0.570. The summed E-state index contributed by atoms with van der Waals surface area (Å²) >= 11 is 1.75. The number of piperidine rings is 1. The lowest BCUT2D eigenvalue weighted by atomic mass is 9.98. The molecule has 1 saturated heterocycles. The van der Waals surface area contributed by atoms with Gasteiger partial charge in [0.25, 0.3) is 0 Å². The Balaban J connectivity index is 2.12. The molecule has 1 aromatic heterocycles. The molecule has 0 bridgehead atoms. The average molecular weight is 225 g/mol. The summed E-state index contributed by atoms with van der Waals surface area (Å²) in [5.41, 5.74) is 0.131. The average Bonchev–Trinajstić information content (AvgIpc) is 2.67. The zero-order valence-corrected chi connectivity index (χ0v) is 10.6. The van der Waals surface area contributed by atoms with Crippen LogP contribution >= 0.6 is 11.3 Å². The Hall–Kier alpha value is -0.640. The molecule has 15 heavy (non-hydrogen) atoms. The first-order chi connectivity index (χ1) is 7.07. The minimum atomic E-state index is 0.131. The first kappa shape index (κ1) is 10.9. The predicted octanol–water partition coefficient (Wildman–Crippen LogP) is 2.83. The minimum Gasteiger partial charge on any atom is -0.347 e. The summed E-state index contributed by atoms with van der Waals surface area (Å²) in [4.78, 5) is 2.37. The van der Waals surface area contributed by atoms with Gasteiger partial charge in [0.1, 0.15) is 5.01 Å². The normalized spacial score (nSPS) is 18.2. The van der Waals surface area contributed by atoms with Crippen LogP contribution in [-0.2, 0) is 5.41 Å². The highest BCUT2D eigenvalue weighted by Crippen LogP contribution is 2.30. The zero-order valence-electron chi connectivity index (χ0n) is 9.79. The van der Waals surface area contributed by atoms with Gasteiger partial charge in [-0.05, 0) is 19.3 Å². The molecule has 0 aromatic carbocycles. The Labute approximate surface area is 95.5 Å². The standard InChI is InChI=1S/C11H19N3S/c1-11(2,3)9-12-13-10(15-9)14-7-5-4-6-8-14/h4-8H2,1-3H3. The zero-order chi connectivity index (χ0) is 10.9. The van der Waals surface area contributed by atoms with E-state index >= 15 is 0 Å². The van der Waals surface area contributed by atoms with Gasteiger partial charge in [-0.3, -0.25) is 0 Å². The molecule has 0 amide bonds. The largest absolute Gasteiger partial charge is 0.347 e. The molecule has 84 valence electrons. The molecule has 2 rings (SSSR count). The van der Waals surface area contributed by atoms with Crippen molar-refractivity contribution < 1.29 is 0 Å². The van der Waals surface area contributed by atoms with Crippen molar-refractivity contribution >= 4 is 16.5 Å². The minimum absolute atomic E-state index is 0.131. The van der Waals surface area contributed by atoms with Crippen LogP contribution < -0.4 is 4.90 Å². The van der Waals surface area contributed by atoms with Crippen LogP contribution in [0.1, 0.15) is 45.0 Å². The third-order valence-electron chi connectivity index (χ3n) is 2.68. The maximum atomic E-state index is 4.30. The van der Waals surface area contributed by atoms with Crippen molar-refractivity contribution in [2.45, 2.75) is 45.4 Å². The molecule has 1 aliphatic heterocycles. The van der Waals surface area contributed by atoms with Crippen LogP contribution in [-0.4, -0.2) is 23.3 Å². The van der Waals surface area contributed by atoms with Crippen LogP contribution in [0.25, 0.3) is 0 Å². The van der Waals surface area contributed by atoms with Crippen molar-refractivity contribution in [1.29, 1.82) is 0 Å². The van der Waals surface area contributed by atoms with Gasteiger partial charge in [0.05, 0.1) is 0 Å². The lowest BCUT2D eigenvalue weighted by Gasteiger charge is -2.25. The van der Waals surface area contributed by atoms with Crippen LogP contribution in [0.5, 0.6) is 0 Å². The number of nitrogens with zero attached hydrogens (tertiary/aromatic N) is 3. The van der Waals surface area contributed by atoms with E-state index in [1.807, 2.05) is 0 Å². The lowest BCUT2D eigenvalue weighted by Crippen LogP contribution is -2.29. The molecule has 0 atom stereocenters. The van der Waals surface area contributed by atoms with Crippen LogP contribution in [0.3, 0.4) is 0 Å². The van der Waals surface area contributed by atoms with Gasteiger partial charge in [-0.15, -0.1) is 10.2 Å². The van der Waals surface area contributed by atoms with Crippen LogP contribution in [0.2, 0.25) is 0 Å². The molecular formula is C11H19N3S. The second kappa shape index (κ2) is 4.08. The van der Waals surface area contributed by atoms with Crippen molar-refractivity contribution in [3.05, 3.63) is 5.01 Å². The Bertz CT molecular complexity index is 321. The van der Waals surface area contributed by atoms with E-state index in [2.05, 4.69) is 35.9 Å². The van der Waals surface area contributed by atoms with Crippen molar-refractivity contribution in [1.82, 2.24) is 10.2 Å². The Morgan fingerprint density at radius 3 is 2.27 bits per heavy atom. The summed E-state index contributed by atoms with van der Waals surface area (Å²) < 4.78 is 0. The van der Waals surface area contributed by atoms with E-state index in [-0.39, 0.29) is 5.41 Å². The van der Waals surface area contributed by atoms with Crippen LogP contribution in [0.15, 0.2) is 0 Å². The molecule has 0 aliphatic carbocycles. The number of hydrogen-bond donors (Lipinski definition) is 0. The van der Waals surface area contributed by atoms with E-state index in [0.29, 0.717) is 0 Å². The highest BCUT2D eigenvalue weighted by Gasteiger charge is 2.22. The molecular weight excluding hydrogens is 206 g/mol. The molecule has 0 radical (unpaired) electrons. The van der Waals surface area contributed by atoms with E-state index in [1.54, 1.807) is 11.3 Å². The monoisotopic (exact) mass is 225 g/mol. The second-order valence-electron chi connectivity index (χ2n) is 5.19. The van der Waals surface area contributed by atoms with Crippen molar-refractivity contribution in [2.24, 2.45) is 0 Å². The van der Waals surface area contributed by atoms with E-state index in [1.165, 1.54) is 19.3 Å². The van der Waals surface area contributed by atoms with E-state index in [4.69, 9.17) is 0 Å². The number of hydrogen-bond acceptors (Lipinski definition) is 4. The van der Waals surface area contributed by atoms with Gasteiger partial charge < -0.3 is 4.90 Å². The highest BCUT2D eigenvalue weighted by atomic mass is 32.1. The molecule has 0 spiro atoms. The maximum absolute atomic E-state index is 4.30. The SMILES string of the molecule is CC(C)(C)c1nnc(N2CCCCC2)s1. The number of aromatic nitrogens is 2. The summed E-state index contributed by atoms with van der Waals surface area (Å²) in [6.45, 7) is 8.87. The maximum Gasteiger partial charge on any atom is 0.208 e. The summed E-state index contributed by atoms with van der Waals surface area (Å²) in [6.07, 6.45) is 3.95. The fourth-order valence-electron chi connectivity index (χ4n) is 1.73. The molecule has 4 heteroatoms. The number of rotatable bonds is 1. The van der Waals surface area contributed by atoms with Crippen LogP contribution in [0.4, 0.5) is 5.13 Å². The topological polar surface area (TPSA) is 29.0 Å². The molecule has 1 aliphatic rings. The highest BCUT2D eigenvalue weighted by molar-refractivity contribution is 7.15. The van der Waals surface area contributed by atoms with Crippen molar-refractivity contribution in [3.63, 3.8) is 0 Å². The third kappa shape index (κ3) is 2.48. The van der Waals surface area contributed by atoms with E-state index in [0.717, 1.165) is 23.2 Å². The Kier molecular flexibility index (Phi) is 2.96. The Morgan fingerprint density at radius 2 is 1.73 bits per heavy atom. The first-order valence-electron chi connectivity index (χ1n) is 5.66. The molecule has 0 N–H and O–H groups in total. The molecule has 1 aromatic rings. The van der Waals surface area contributed by atoms with Gasteiger partial charge in [0, 0.05) is 18.5 Å². The van der Waals surface area contributed by atoms with Gasteiger partial charge >= 0.3 is 0 Å². The summed E-state index contributed by atoms with van der Waals surface area (Å²) in [5, 5.41) is 10.8. The fraction of sp³-hybridized carbons (Fsp3) is 0.818. The fourth-order valence-corrected chi connectivity index (χ4v) is 2.69. The second-order valence-corrected chi connectivity index (χ2v) is 6.14. The van der Waals surface area contributed by atoms with Gasteiger partial charge in [0.15, 0.2) is 0 Å². The first-order valence-corrected chi connectivity index (χ1v) is 6.48. The number of anilines is 1.